The van der Waals surface area contributed by atoms with Crippen molar-refractivity contribution in [3.63, 3.8) is 0 Å². The van der Waals surface area contributed by atoms with E-state index in [1.54, 1.807) is 24.3 Å². The molecule has 8 heteroatoms. The number of carbonyl (C=O) groups excluding carboxylic acids is 2. The molecular formula is C38H39F3N2O3. The predicted molar refractivity (Wildman–Crippen MR) is 175 cm³/mol. The van der Waals surface area contributed by atoms with Crippen molar-refractivity contribution in [1.82, 2.24) is 5.32 Å². The molecule has 4 aromatic rings. The predicted octanol–water partition coefficient (Wildman–Crippen LogP) is 8.42. The average molecular weight is 629 g/mol. The van der Waals surface area contributed by atoms with Crippen molar-refractivity contribution >= 4 is 17.6 Å². The van der Waals surface area contributed by atoms with Gasteiger partial charge in [-0.05, 0) is 65.8 Å². The van der Waals surface area contributed by atoms with Crippen molar-refractivity contribution in [3.8, 4) is 11.1 Å². The van der Waals surface area contributed by atoms with Crippen molar-refractivity contribution in [2.45, 2.75) is 56.7 Å². The van der Waals surface area contributed by atoms with E-state index in [1.165, 1.54) is 19.2 Å². The molecule has 1 heterocycles. The molecule has 1 aliphatic heterocycles. The van der Waals surface area contributed by atoms with Gasteiger partial charge < -0.3 is 15.0 Å². The van der Waals surface area contributed by atoms with Gasteiger partial charge in [-0.2, -0.15) is 13.2 Å². The first-order valence-electron chi connectivity index (χ1n) is 15.7. The van der Waals surface area contributed by atoms with Crippen LogP contribution < -0.4 is 10.2 Å². The Bertz CT molecular complexity index is 1630. The summed E-state index contributed by atoms with van der Waals surface area (Å²) in [6.07, 6.45) is -1.12. The molecule has 46 heavy (non-hydrogen) atoms. The Labute approximate surface area is 268 Å². The molecule has 0 saturated carbocycles. The zero-order valence-corrected chi connectivity index (χ0v) is 26.1. The Hall–Kier alpha value is -4.59. The smallest absolute Gasteiger partial charge is 0.416 e. The van der Waals surface area contributed by atoms with E-state index in [-0.39, 0.29) is 24.3 Å². The van der Waals surface area contributed by atoms with Gasteiger partial charge in [-0.15, -0.1) is 0 Å². The molecule has 1 amide bonds. The number of halogens is 3. The summed E-state index contributed by atoms with van der Waals surface area (Å²) >= 11 is 0. The van der Waals surface area contributed by atoms with Crippen LogP contribution in [0.1, 0.15) is 66.1 Å². The lowest BCUT2D eigenvalue weighted by Gasteiger charge is -2.40. The number of esters is 1. The van der Waals surface area contributed by atoms with Crippen molar-refractivity contribution in [2.75, 3.05) is 25.1 Å². The highest BCUT2D eigenvalue weighted by atomic mass is 19.4. The molecule has 0 bridgehead atoms. The lowest BCUT2D eigenvalue weighted by atomic mass is 9.68. The number of methoxy groups -OCH3 is 1. The van der Waals surface area contributed by atoms with Crippen LogP contribution in [-0.2, 0) is 21.1 Å². The topological polar surface area (TPSA) is 58.6 Å². The number of nitrogens with zero attached hydrogens (tertiary/aromatic N) is 1. The van der Waals surface area contributed by atoms with Crippen LogP contribution in [0.3, 0.4) is 0 Å². The van der Waals surface area contributed by atoms with Gasteiger partial charge in [0.1, 0.15) is 0 Å². The van der Waals surface area contributed by atoms with Crippen LogP contribution in [0.4, 0.5) is 18.9 Å². The van der Waals surface area contributed by atoms with Gasteiger partial charge in [0.2, 0.25) is 0 Å². The zero-order chi connectivity index (χ0) is 32.7. The van der Waals surface area contributed by atoms with Gasteiger partial charge >= 0.3 is 12.1 Å². The van der Waals surface area contributed by atoms with E-state index in [4.69, 9.17) is 4.74 Å². The highest BCUT2D eigenvalue weighted by Gasteiger charge is 2.39. The fourth-order valence-electron chi connectivity index (χ4n) is 6.68. The van der Waals surface area contributed by atoms with Crippen LogP contribution in [0.2, 0.25) is 0 Å². The van der Waals surface area contributed by atoms with Crippen LogP contribution >= 0.6 is 0 Å². The van der Waals surface area contributed by atoms with Crippen LogP contribution in [-0.4, -0.2) is 38.1 Å². The van der Waals surface area contributed by atoms with Crippen LogP contribution in [0.5, 0.6) is 0 Å². The number of amides is 1. The first-order chi connectivity index (χ1) is 22.2. The SMILES string of the molecule is CCCC(CC(=O)OC)(c1ccccc1)c1ccccc1N1CCC(NC(=O)c2ccccc2-c2ccc(C(F)(F)F)cc2)CC1. The fraction of sp³-hybridized carbons (Fsp3) is 0.316. The summed E-state index contributed by atoms with van der Waals surface area (Å²) in [7, 11) is 1.43. The summed E-state index contributed by atoms with van der Waals surface area (Å²) in [6, 6.07) is 30.2. The monoisotopic (exact) mass is 628 g/mol. The van der Waals surface area contributed by atoms with Crippen molar-refractivity contribution in [2.24, 2.45) is 0 Å². The summed E-state index contributed by atoms with van der Waals surface area (Å²) < 4.78 is 44.5. The quantitative estimate of drug-likeness (QED) is 0.179. The van der Waals surface area contributed by atoms with Gasteiger partial charge in [-0.25, -0.2) is 0 Å². The number of nitrogens with one attached hydrogen (secondary N) is 1. The van der Waals surface area contributed by atoms with E-state index in [1.807, 2.05) is 30.3 Å². The van der Waals surface area contributed by atoms with E-state index in [9.17, 15) is 22.8 Å². The van der Waals surface area contributed by atoms with Crippen molar-refractivity contribution in [3.05, 3.63) is 125 Å². The molecule has 1 N–H and O–H groups in total. The molecule has 1 unspecified atom stereocenters. The second-order valence-electron chi connectivity index (χ2n) is 11.8. The standard InChI is InChI=1S/C38H39F3N2O3/c1-3-23-37(26-35(44)46-2,28-11-5-4-6-12-28)33-15-9-10-16-34(33)43-24-21-30(22-25-43)42-36(45)32-14-8-7-13-31(32)27-17-19-29(20-18-27)38(39,40)41/h4-20,30H,3,21-26H2,1-2H3,(H,42,45). The molecule has 1 saturated heterocycles. The van der Waals surface area contributed by atoms with E-state index in [2.05, 4.69) is 41.4 Å². The van der Waals surface area contributed by atoms with Crippen LogP contribution in [0, 0.1) is 0 Å². The minimum absolute atomic E-state index is 0.0684. The normalized spacial score (nSPS) is 15.2. The molecule has 1 aliphatic rings. The lowest BCUT2D eigenvalue weighted by molar-refractivity contribution is -0.142. The molecule has 0 aromatic heterocycles. The zero-order valence-electron chi connectivity index (χ0n) is 26.1. The fourth-order valence-corrected chi connectivity index (χ4v) is 6.68. The Morgan fingerprint density at radius 1 is 0.826 bits per heavy atom. The molecule has 1 fully saturated rings. The molecule has 0 aliphatic carbocycles. The number of carbonyl (C=O) groups is 2. The molecule has 0 radical (unpaired) electrons. The lowest BCUT2D eigenvalue weighted by Crippen LogP contribution is -2.45. The summed E-state index contributed by atoms with van der Waals surface area (Å²) in [6.45, 7) is 3.54. The van der Waals surface area contributed by atoms with E-state index in [0.29, 0.717) is 42.6 Å². The number of ether oxygens (including phenoxy) is 1. The average Bonchev–Trinajstić information content (AvgIpc) is 3.08. The molecule has 1 atom stereocenters. The summed E-state index contributed by atoms with van der Waals surface area (Å²) in [5, 5.41) is 3.17. The third kappa shape index (κ3) is 7.11. The molecule has 4 aromatic carbocycles. The maximum atomic E-state index is 13.5. The maximum absolute atomic E-state index is 13.5. The summed E-state index contributed by atoms with van der Waals surface area (Å²) in [4.78, 5) is 28.7. The second kappa shape index (κ2) is 14.2. The third-order valence-electron chi connectivity index (χ3n) is 8.96. The van der Waals surface area contributed by atoms with Gasteiger partial charge in [0, 0.05) is 35.8 Å². The Morgan fingerprint density at radius 2 is 1.46 bits per heavy atom. The first kappa shape index (κ1) is 32.8. The minimum Gasteiger partial charge on any atom is -0.469 e. The summed E-state index contributed by atoms with van der Waals surface area (Å²) in [5.74, 6) is -0.511. The van der Waals surface area contributed by atoms with Crippen molar-refractivity contribution < 1.29 is 27.5 Å². The molecule has 0 spiro atoms. The van der Waals surface area contributed by atoms with Gasteiger partial charge in [-0.1, -0.05) is 92.2 Å². The van der Waals surface area contributed by atoms with Gasteiger partial charge in [0.15, 0.2) is 0 Å². The Balaban J connectivity index is 1.34. The number of hydrogen-bond donors (Lipinski definition) is 1. The summed E-state index contributed by atoms with van der Waals surface area (Å²) in [5.41, 5.74) is 3.49. The van der Waals surface area contributed by atoms with Gasteiger partial charge in [0.05, 0.1) is 19.1 Å². The second-order valence-corrected chi connectivity index (χ2v) is 11.8. The molecular weight excluding hydrogens is 589 g/mol. The van der Waals surface area contributed by atoms with Crippen molar-refractivity contribution in [1.29, 1.82) is 0 Å². The Morgan fingerprint density at radius 3 is 2.11 bits per heavy atom. The highest BCUT2D eigenvalue weighted by molar-refractivity contribution is 6.01. The minimum atomic E-state index is -4.43. The van der Waals surface area contributed by atoms with Gasteiger partial charge in [-0.3, -0.25) is 9.59 Å². The molecule has 5 nitrogen and oxygen atoms in total. The number of rotatable bonds is 10. The van der Waals surface area contributed by atoms with E-state index < -0.39 is 17.2 Å². The first-order valence-corrected chi connectivity index (χ1v) is 15.7. The Kier molecular flexibility index (Phi) is 10.1. The number of anilines is 1. The molecule has 240 valence electrons. The van der Waals surface area contributed by atoms with Gasteiger partial charge in [0.25, 0.3) is 5.91 Å². The maximum Gasteiger partial charge on any atom is 0.416 e. The largest absolute Gasteiger partial charge is 0.469 e. The highest BCUT2D eigenvalue weighted by Crippen LogP contribution is 2.45. The number of para-hydroxylation sites is 1. The number of alkyl halides is 3. The molecule has 5 rings (SSSR count). The van der Waals surface area contributed by atoms with E-state index >= 15 is 0 Å². The number of piperidine rings is 1. The number of benzene rings is 4. The van der Waals surface area contributed by atoms with Crippen LogP contribution in [0.15, 0.2) is 103 Å². The van der Waals surface area contributed by atoms with E-state index in [0.717, 1.165) is 41.8 Å². The third-order valence-corrected chi connectivity index (χ3v) is 8.96. The van der Waals surface area contributed by atoms with Crippen LogP contribution in [0.25, 0.3) is 11.1 Å². The number of hydrogen-bond acceptors (Lipinski definition) is 4.